The molecule has 0 unspecified atom stereocenters. The third kappa shape index (κ3) is 2.58. The molecule has 1 saturated heterocycles. The zero-order valence-corrected chi connectivity index (χ0v) is 13.6. The molecule has 4 rings (SSSR count). The monoisotopic (exact) mass is 324 g/mol. The Labute approximate surface area is 141 Å². The summed E-state index contributed by atoms with van der Waals surface area (Å²) in [5, 5.41) is 0. The van der Waals surface area contributed by atoms with E-state index in [-0.39, 0.29) is 17.7 Å². The first-order chi connectivity index (χ1) is 11.7. The molecule has 0 spiro atoms. The fraction of sp³-hybridized carbons (Fsp3) is 0.389. The summed E-state index contributed by atoms with van der Waals surface area (Å²) < 4.78 is 5.56. The fourth-order valence-corrected chi connectivity index (χ4v) is 3.50. The van der Waals surface area contributed by atoms with Gasteiger partial charge >= 0.3 is 0 Å². The lowest BCUT2D eigenvalue weighted by molar-refractivity contribution is -0.123. The zero-order valence-electron chi connectivity index (χ0n) is 13.6. The maximum atomic E-state index is 13.1. The molecule has 2 aromatic heterocycles. The highest BCUT2D eigenvalue weighted by Gasteiger charge is 2.39. The van der Waals surface area contributed by atoms with Crippen molar-refractivity contribution in [2.24, 2.45) is 11.8 Å². The number of nitrogens with zero attached hydrogens (tertiary/aromatic N) is 4. The van der Waals surface area contributed by atoms with Gasteiger partial charge in [0.25, 0.3) is 0 Å². The van der Waals surface area contributed by atoms with Gasteiger partial charge in [-0.05, 0) is 30.2 Å². The summed E-state index contributed by atoms with van der Waals surface area (Å²) in [7, 11) is 0. The maximum Gasteiger partial charge on any atom is 0.238 e. The molecule has 2 aliphatic rings. The molecular weight excluding hydrogens is 304 g/mol. The molecule has 2 aromatic rings. The van der Waals surface area contributed by atoms with Gasteiger partial charge in [-0.25, -0.2) is 9.97 Å². The molecule has 124 valence electrons. The van der Waals surface area contributed by atoms with Gasteiger partial charge in [0.15, 0.2) is 0 Å². The van der Waals surface area contributed by atoms with Crippen LogP contribution in [0.25, 0.3) is 0 Å². The van der Waals surface area contributed by atoms with Crippen molar-refractivity contribution in [1.82, 2.24) is 9.97 Å². The molecule has 0 radical (unpaired) electrons. The van der Waals surface area contributed by atoms with E-state index in [1.54, 1.807) is 12.4 Å². The van der Waals surface area contributed by atoms with E-state index in [9.17, 15) is 4.79 Å². The largest absolute Gasteiger partial charge is 0.474 e. The lowest BCUT2D eigenvalue weighted by Gasteiger charge is -2.31. The highest BCUT2D eigenvalue weighted by molar-refractivity contribution is 5.97. The summed E-state index contributed by atoms with van der Waals surface area (Å²) >= 11 is 0. The minimum Gasteiger partial charge on any atom is -0.474 e. The normalized spacial score (nSPS) is 22.9. The topological polar surface area (TPSA) is 58.6 Å². The van der Waals surface area contributed by atoms with Gasteiger partial charge in [-0.2, -0.15) is 0 Å². The second-order valence-corrected chi connectivity index (χ2v) is 6.34. The summed E-state index contributed by atoms with van der Waals surface area (Å²) in [5.74, 6) is 1.87. The van der Waals surface area contributed by atoms with Crippen molar-refractivity contribution in [3.8, 4) is 5.88 Å². The minimum atomic E-state index is -0.0434. The molecule has 0 saturated carbocycles. The van der Waals surface area contributed by atoms with Gasteiger partial charge < -0.3 is 14.5 Å². The first-order valence-electron chi connectivity index (χ1n) is 8.29. The predicted molar refractivity (Wildman–Crippen MR) is 91.2 cm³/mol. The molecular formula is C18H20N4O2. The number of fused-ring (bicyclic) bond motifs is 1. The van der Waals surface area contributed by atoms with Crippen LogP contribution in [0.2, 0.25) is 0 Å². The van der Waals surface area contributed by atoms with Gasteiger partial charge in [0.2, 0.25) is 11.8 Å². The maximum absolute atomic E-state index is 13.1. The number of hydrogen-bond donors (Lipinski definition) is 0. The molecule has 6 nitrogen and oxygen atoms in total. The highest BCUT2D eigenvalue weighted by atomic mass is 16.5. The molecule has 6 heteroatoms. The summed E-state index contributed by atoms with van der Waals surface area (Å²) in [5.41, 5.74) is 0.775. The molecule has 1 fully saturated rings. The first kappa shape index (κ1) is 14.9. The lowest BCUT2D eigenvalue weighted by Crippen LogP contribution is -2.43. The average Bonchev–Trinajstić information content (AvgIpc) is 3.03. The van der Waals surface area contributed by atoms with Gasteiger partial charge in [-0.1, -0.05) is 13.0 Å². The van der Waals surface area contributed by atoms with Crippen molar-refractivity contribution >= 4 is 17.4 Å². The van der Waals surface area contributed by atoms with Crippen molar-refractivity contribution in [2.45, 2.75) is 6.92 Å². The number of carbonyl (C=O) groups excluding carboxylic acids is 1. The van der Waals surface area contributed by atoms with Crippen LogP contribution in [0.3, 0.4) is 0 Å². The van der Waals surface area contributed by atoms with Gasteiger partial charge in [-0.3, -0.25) is 4.79 Å². The molecule has 1 amide bonds. The summed E-state index contributed by atoms with van der Waals surface area (Å²) in [6, 6.07) is 9.62. The van der Waals surface area contributed by atoms with E-state index in [1.807, 2.05) is 35.2 Å². The van der Waals surface area contributed by atoms with Crippen LogP contribution >= 0.6 is 0 Å². The standard InChI is InChI=1S/C18H20N4O2/c1-13-11-21(16-6-2-3-7-19-16)12-14(13)18(23)22-9-10-24-17-15(22)5-4-8-20-17/h2-8,13-14H,9-12H2,1H3/t13-,14-/m1/s1. The van der Waals surface area contributed by atoms with Crippen LogP contribution in [-0.4, -0.2) is 42.1 Å². The number of amides is 1. The molecule has 2 atom stereocenters. The second-order valence-electron chi connectivity index (χ2n) is 6.34. The van der Waals surface area contributed by atoms with Crippen molar-refractivity contribution in [3.63, 3.8) is 0 Å². The summed E-state index contributed by atoms with van der Waals surface area (Å²) in [6.45, 7) is 4.74. The van der Waals surface area contributed by atoms with Crippen molar-refractivity contribution in [3.05, 3.63) is 42.7 Å². The van der Waals surface area contributed by atoms with Crippen molar-refractivity contribution < 1.29 is 9.53 Å². The molecule has 2 aliphatic heterocycles. The van der Waals surface area contributed by atoms with E-state index in [0.717, 1.165) is 18.1 Å². The van der Waals surface area contributed by atoms with E-state index in [2.05, 4.69) is 21.8 Å². The van der Waals surface area contributed by atoms with Crippen LogP contribution in [0.15, 0.2) is 42.7 Å². The fourth-order valence-electron chi connectivity index (χ4n) is 3.50. The molecule has 0 N–H and O–H groups in total. The number of hydrogen-bond acceptors (Lipinski definition) is 5. The zero-order chi connectivity index (χ0) is 16.5. The molecule has 4 heterocycles. The van der Waals surface area contributed by atoms with E-state index >= 15 is 0 Å². The lowest BCUT2D eigenvalue weighted by atomic mass is 9.96. The third-order valence-corrected chi connectivity index (χ3v) is 4.76. The number of aromatic nitrogens is 2. The summed E-state index contributed by atoms with van der Waals surface area (Å²) in [4.78, 5) is 25.8. The number of carbonyl (C=O) groups is 1. The Balaban J connectivity index is 1.55. The van der Waals surface area contributed by atoms with Gasteiger partial charge in [0.1, 0.15) is 18.1 Å². The van der Waals surface area contributed by atoms with Gasteiger partial charge in [0.05, 0.1) is 12.5 Å². The molecule has 0 aliphatic carbocycles. The average molecular weight is 324 g/mol. The Morgan fingerprint density at radius 1 is 1.17 bits per heavy atom. The molecule has 0 aromatic carbocycles. The number of ether oxygens (including phenoxy) is 1. The summed E-state index contributed by atoms with van der Waals surface area (Å²) in [6.07, 6.45) is 3.48. The van der Waals surface area contributed by atoms with E-state index in [1.165, 1.54) is 0 Å². The van der Waals surface area contributed by atoms with Crippen LogP contribution in [0.5, 0.6) is 5.88 Å². The van der Waals surface area contributed by atoms with Gasteiger partial charge in [-0.15, -0.1) is 0 Å². The van der Waals surface area contributed by atoms with Crippen LogP contribution in [-0.2, 0) is 4.79 Å². The smallest absolute Gasteiger partial charge is 0.238 e. The third-order valence-electron chi connectivity index (χ3n) is 4.76. The Morgan fingerprint density at radius 3 is 2.88 bits per heavy atom. The van der Waals surface area contributed by atoms with Gasteiger partial charge in [0, 0.05) is 25.5 Å². The van der Waals surface area contributed by atoms with Crippen molar-refractivity contribution in [1.29, 1.82) is 0 Å². The number of pyridine rings is 2. The van der Waals surface area contributed by atoms with E-state index in [0.29, 0.717) is 25.6 Å². The Bertz CT molecular complexity index is 737. The van der Waals surface area contributed by atoms with Crippen LogP contribution in [0.1, 0.15) is 6.92 Å². The molecule has 24 heavy (non-hydrogen) atoms. The predicted octanol–water partition coefficient (Wildman–Crippen LogP) is 1.97. The van der Waals surface area contributed by atoms with Crippen LogP contribution < -0.4 is 14.5 Å². The Kier molecular flexibility index (Phi) is 3.80. The van der Waals surface area contributed by atoms with E-state index < -0.39 is 0 Å². The SMILES string of the molecule is C[C@@H]1CN(c2ccccn2)C[C@H]1C(=O)N1CCOc2ncccc21. The van der Waals surface area contributed by atoms with Crippen LogP contribution in [0.4, 0.5) is 11.5 Å². The first-order valence-corrected chi connectivity index (χ1v) is 8.29. The molecule has 0 bridgehead atoms. The van der Waals surface area contributed by atoms with Crippen LogP contribution in [0, 0.1) is 11.8 Å². The second kappa shape index (κ2) is 6.11. The van der Waals surface area contributed by atoms with Crippen molar-refractivity contribution in [2.75, 3.05) is 36.0 Å². The Hall–Kier alpha value is -2.63. The quantitative estimate of drug-likeness (QED) is 0.845. The number of anilines is 2. The van der Waals surface area contributed by atoms with E-state index in [4.69, 9.17) is 4.74 Å². The minimum absolute atomic E-state index is 0.0434. The number of rotatable bonds is 2. The Morgan fingerprint density at radius 2 is 2.04 bits per heavy atom. The highest BCUT2D eigenvalue weighted by Crippen LogP contribution is 2.33.